The number of hydrogen-bond donors (Lipinski definition) is 2. The van der Waals surface area contributed by atoms with Crippen molar-refractivity contribution in [1.29, 1.82) is 0 Å². The van der Waals surface area contributed by atoms with Gasteiger partial charge in [-0.15, -0.1) is 11.8 Å². The summed E-state index contributed by atoms with van der Waals surface area (Å²) >= 11 is 1.53. The number of imidazole rings is 1. The van der Waals surface area contributed by atoms with Gasteiger partial charge in [-0.25, -0.2) is 9.37 Å². The Morgan fingerprint density at radius 1 is 1.25 bits per heavy atom. The third kappa shape index (κ3) is 4.14. The number of fused-ring (bicyclic) bond motifs is 1. The van der Waals surface area contributed by atoms with Gasteiger partial charge in [0.15, 0.2) is 0 Å². The van der Waals surface area contributed by atoms with E-state index in [1.54, 1.807) is 12.1 Å². The number of aromatic amines is 1. The van der Waals surface area contributed by atoms with Gasteiger partial charge in [-0.2, -0.15) is 0 Å². The van der Waals surface area contributed by atoms with Crippen LogP contribution in [0.4, 0.5) is 4.39 Å². The van der Waals surface area contributed by atoms with Crippen LogP contribution in [-0.2, 0) is 4.79 Å². The molecule has 0 bridgehead atoms. The Morgan fingerprint density at radius 3 is 2.75 bits per heavy atom. The van der Waals surface area contributed by atoms with Crippen LogP contribution in [-0.4, -0.2) is 21.6 Å². The fourth-order valence-electron chi connectivity index (χ4n) is 2.35. The van der Waals surface area contributed by atoms with Crippen molar-refractivity contribution in [1.82, 2.24) is 15.3 Å². The average molecular weight is 343 g/mol. The topological polar surface area (TPSA) is 57.8 Å². The predicted octanol–water partition coefficient (Wildman–Crippen LogP) is 4.06. The summed E-state index contributed by atoms with van der Waals surface area (Å²) in [6.07, 6.45) is 0.395. The van der Waals surface area contributed by atoms with Crippen LogP contribution >= 0.6 is 11.8 Å². The molecule has 0 aliphatic carbocycles. The normalized spacial score (nSPS) is 12.2. The van der Waals surface area contributed by atoms with E-state index in [1.807, 2.05) is 31.2 Å². The number of nitrogens with one attached hydrogen (secondary N) is 2. The molecule has 1 atom stereocenters. The SMILES string of the molecule is CC(NC(=O)CCSc1ccc(F)cc1)c1nc2ccccc2[nH]1. The first-order valence-corrected chi connectivity index (χ1v) is 8.73. The molecule has 0 aliphatic rings. The number of benzene rings is 2. The molecule has 4 nitrogen and oxygen atoms in total. The summed E-state index contributed by atoms with van der Waals surface area (Å²) < 4.78 is 12.8. The first kappa shape index (κ1) is 16.5. The largest absolute Gasteiger partial charge is 0.346 e. The lowest BCUT2D eigenvalue weighted by Crippen LogP contribution is -2.27. The van der Waals surface area contributed by atoms with E-state index >= 15 is 0 Å². The van der Waals surface area contributed by atoms with Gasteiger partial charge < -0.3 is 10.3 Å². The highest BCUT2D eigenvalue weighted by atomic mass is 32.2. The summed E-state index contributed by atoms with van der Waals surface area (Å²) in [5.41, 5.74) is 1.85. The summed E-state index contributed by atoms with van der Waals surface area (Å²) in [5.74, 6) is 1.11. The fourth-order valence-corrected chi connectivity index (χ4v) is 3.20. The molecule has 0 fully saturated rings. The van der Waals surface area contributed by atoms with Crippen molar-refractivity contribution in [3.05, 3.63) is 60.2 Å². The molecule has 2 aromatic carbocycles. The third-order valence-electron chi connectivity index (χ3n) is 3.61. The Balaban J connectivity index is 1.49. The van der Waals surface area contributed by atoms with Crippen molar-refractivity contribution in [3.63, 3.8) is 0 Å². The van der Waals surface area contributed by atoms with Crippen LogP contribution in [0.1, 0.15) is 25.2 Å². The number of carbonyl (C=O) groups is 1. The number of carbonyl (C=O) groups excluding carboxylic acids is 1. The van der Waals surface area contributed by atoms with Crippen LogP contribution < -0.4 is 5.32 Å². The number of rotatable bonds is 6. The Morgan fingerprint density at radius 2 is 2.00 bits per heavy atom. The standard InChI is InChI=1S/C18H18FN3OS/c1-12(18-21-15-4-2-3-5-16(15)22-18)20-17(23)10-11-24-14-8-6-13(19)7-9-14/h2-9,12H,10-11H2,1H3,(H,20,23)(H,21,22). The smallest absolute Gasteiger partial charge is 0.221 e. The minimum absolute atomic E-state index is 0.0300. The first-order valence-electron chi connectivity index (χ1n) is 7.74. The van der Waals surface area contributed by atoms with E-state index in [0.29, 0.717) is 12.2 Å². The monoisotopic (exact) mass is 343 g/mol. The molecule has 1 unspecified atom stereocenters. The van der Waals surface area contributed by atoms with Gasteiger partial charge in [0, 0.05) is 17.1 Å². The highest BCUT2D eigenvalue weighted by molar-refractivity contribution is 7.99. The van der Waals surface area contributed by atoms with Crippen LogP contribution in [0, 0.1) is 5.82 Å². The molecule has 1 amide bonds. The van der Waals surface area contributed by atoms with Gasteiger partial charge in [0.05, 0.1) is 17.1 Å². The number of amides is 1. The lowest BCUT2D eigenvalue weighted by atomic mass is 10.3. The molecule has 0 radical (unpaired) electrons. The minimum atomic E-state index is -0.253. The van der Waals surface area contributed by atoms with Crippen molar-refractivity contribution in [3.8, 4) is 0 Å². The third-order valence-corrected chi connectivity index (χ3v) is 4.62. The zero-order chi connectivity index (χ0) is 16.9. The van der Waals surface area contributed by atoms with E-state index in [-0.39, 0.29) is 17.8 Å². The lowest BCUT2D eigenvalue weighted by molar-refractivity contribution is -0.121. The molecular weight excluding hydrogens is 325 g/mol. The molecular formula is C18H18FN3OS. The van der Waals surface area contributed by atoms with Crippen LogP contribution in [0.25, 0.3) is 11.0 Å². The zero-order valence-electron chi connectivity index (χ0n) is 13.3. The van der Waals surface area contributed by atoms with E-state index in [9.17, 15) is 9.18 Å². The molecule has 1 heterocycles. The molecule has 0 saturated heterocycles. The summed E-state index contributed by atoms with van der Waals surface area (Å²) in [6.45, 7) is 1.91. The second-order valence-corrected chi connectivity index (χ2v) is 6.65. The summed E-state index contributed by atoms with van der Waals surface area (Å²) in [5, 5.41) is 2.95. The Kier molecular flexibility index (Phi) is 5.15. The van der Waals surface area contributed by atoms with E-state index in [2.05, 4.69) is 15.3 Å². The molecule has 124 valence electrons. The Bertz CT molecular complexity index is 799. The van der Waals surface area contributed by atoms with Gasteiger partial charge >= 0.3 is 0 Å². The minimum Gasteiger partial charge on any atom is -0.346 e. The van der Waals surface area contributed by atoms with Gasteiger partial charge in [-0.05, 0) is 43.3 Å². The van der Waals surface area contributed by atoms with Gasteiger partial charge in [0.2, 0.25) is 5.91 Å². The summed E-state index contributed by atoms with van der Waals surface area (Å²) in [4.78, 5) is 20.7. The lowest BCUT2D eigenvalue weighted by Gasteiger charge is -2.11. The van der Waals surface area contributed by atoms with Crippen molar-refractivity contribution in [2.75, 3.05) is 5.75 Å². The van der Waals surface area contributed by atoms with Gasteiger partial charge in [0.1, 0.15) is 11.6 Å². The van der Waals surface area contributed by atoms with Gasteiger partial charge in [-0.1, -0.05) is 12.1 Å². The van der Waals surface area contributed by atoms with Crippen molar-refractivity contribution in [2.24, 2.45) is 0 Å². The van der Waals surface area contributed by atoms with E-state index < -0.39 is 0 Å². The van der Waals surface area contributed by atoms with E-state index in [1.165, 1.54) is 23.9 Å². The maximum atomic E-state index is 12.8. The number of halogens is 1. The second kappa shape index (κ2) is 7.49. The second-order valence-electron chi connectivity index (χ2n) is 5.48. The van der Waals surface area contributed by atoms with Crippen LogP contribution in [0.3, 0.4) is 0 Å². The predicted molar refractivity (Wildman–Crippen MR) is 94.4 cm³/mol. The van der Waals surface area contributed by atoms with Crippen LogP contribution in [0.15, 0.2) is 53.4 Å². The Labute approximate surface area is 143 Å². The number of aromatic nitrogens is 2. The van der Waals surface area contributed by atoms with Crippen molar-refractivity contribution >= 4 is 28.7 Å². The number of H-pyrrole nitrogens is 1. The maximum Gasteiger partial charge on any atom is 0.221 e. The van der Waals surface area contributed by atoms with Crippen LogP contribution in [0.5, 0.6) is 0 Å². The quantitative estimate of drug-likeness (QED) is 0.664. The molecule has 3 aromatic rings. The zero-order valence-corrected chi connectivity index (χ0v) is 14.1. The molecule has 1 aromatic heterocycles. The number of nitrogens with zero attached hydrogens (tertiary/aromatic N) is 1. The highest BCUT2D eigenvalue weighted by Gasteiger charge is 2.13. The van der Waals surface area contributed by atoms with Crippen LogP contribution in [0.2, 0.25) is 0 Å². The molecule has 0 aliphatic heterocycles. The number of para-hydroxylation sites is 2. The molecule has 6 heteroatoms. The average Bonchev–Trinajstić information content (AvgIpc) is 3.01. The fraction of sp³-hybridized carbons (Fsp3) is 0.222. The summed E-state index contributed by atoms with van der Waals surface area (Å²) in [7, 11) is 0. The number of thioether (sulfide) groups is 1. The molecule has 3 rings (SSSR count). The first-order chi connectivity index (χ1) is 11.6. The van der Waals surface area contributed by atoms with Crippen molar-refractivity contribution in [2.45, 2.75) is 24.3 Å². The van der Waals surface area contributed by atoms with Gasteiger partial charge in [-0.3, -0.25) is 4.79 Å². The number of hydrogen-bond acceptors (Lipinski definition) is 3. The summed E-state index contributed by atoms with van der Waals surface area (Å²) in [6, 6.07) is 13.9. The van der Waals surface area contributed by atoms with E-state index in [0.717, 1.165) is 21.8 Å². The Hall–Kier alpha value is -2.34. The maximum absolute atomic E-state index is 12.8. The van der Waals surface area contributed by atoms with Gasteiger partial charge in [0.25, 0.3) is 0 Å². The van der Waals surface area contributed by atoms with Crippen molar-refractivity contribution < 1.29 is 9.18 Å². The molecule has 0 spiro atoms. The molecule has 2 N–H and O–H groups in total. The molecule has 24 heavy (non-hydrogen) atoms. The van der Waals surface area contributed by atoms with E-state index in [4.69, 9.17) is 0 Å². The highest BCUT2D eigenvalue weighted by Crippen LogP contribution is 2.19. The molecule has 0 saturated carbocycles.